The van der Waals surface area contributed by atoms with Crippen molar-refractivity contribution in [3.63, 3.8) is 0 Å². The number of nitrogen functional groups attached to an aromatic ring is 1. The van der Waals surface area contributed by atoms with E-state index in [9.17, 15) is 8.42 Å². The summed E-state index contributed by atoms with van der Waals surface area (Å²) in [6.07, 6.45) is 0. The summed E-state index contributed by atoms with van der Waals surface area (Å²) in [4.78, 5) is 4.24. The van der Waals surface area contributed by atoms with Gasteiger partial charge in [-0.1, -0.05) is 0 Å². The topological polar surface area (TPSA) is 110 Å². The largest absolute Gasteiger partial charge is 0.495 e. The maximum atomic E-state index is 13.2. The second-order valence-corrected chi connectivity index (χ2v) is 7.66. The fourth-order valence-corrected chi connectivity index (χ4v) is 4.08. The lowest BCUT2D eigenvalue weighted by atomic mass is 10.2. The standard InChI is InChI=1S/C19H20N2O6S/c1-24-14-7-6-13-12(18(14)20)5-8-17(21-13)28(22,23)11-9-15(25-2)19(27-4)16(10-11)26-3/h5-10H,20H2,1-4H3. The van der Waals surface area contributed by atoms with Crippen LogP contribution in [0.15, 0.2) is 46.3 Å². The van der Waals surface area contributed by atoms with E-state index >= 15 is 0 Å². The Morgan fingerprint density at radius 1 is 0.821 bits per heavy atom. The normalized spacial score (nSPS) is 11.3. The van der Waals surface area contributed by atoms with Gasteiger partial charge in [0, 0.05) is 17.5 Å². The highest BCUT2D eigenvalue weighted by atomic mass is 32.2. The number of ether oxygens (including phenoxy) is 4. The fourth-order valence-electron chi connectivity index (χ4n) is 2.85. The summed E-state index contributed by atoms with van der Waals surface area (Å²) in [7, 11) is 1.83. The minimum atomic E-state index is -3.95. The Morgan fingerprint density at radius 3 is 1.96 bits per heavy atom. The maximum Gasteiger partial charge on any atom is 0.224 e. The first-order chi connectivity index (χ1) is 13.4. The monoisotopic (exact) mass is 404 g/mol. The number of aromatic nitrogens is 1. The molecule has 0 aliphatic rings. The Labute approximate surface area is 162 Å². The van der Waals surface area contributed by atoms with Crippen molar-refractivity contribution >= 4 is 26.4 Å². The van der Waals surface area contributed by atoms with E-state index in [-0.39, 0.29) is 21.4 Å². The Bertz CT molecular complexity index is 1120. The Balaban J connectivity index is 2.18. The zero-order valence-corrected chi connectivity index (χ0v) is 16.7. The average Bonchev–Trinajstić information content (AvgIpc) is 2.72. The third-order valence-corrected chi connectivity index (χ3v) is 5.93. The number of rotatable bonds is 6. The second-order valence-electron chi connectivity index (χ2n) is 5.76. The van der Waals surface area contributed by atoms with Crippen molar-refractivity contribution < 1.29 is 27.4 Å². The molecule has 0 atom stereocenters. The van der Waals surface area contributed by atoms with Gasteiger partial charge in [0.1, 0.15) is 5.75 Å². The molecule has 1 heterocycles. The molecule has 3 aromatic rings. The van der Waals surface area contributed by atoms with Crippen LogP contribution in [0.25, 0.3) is 10.9 Å². The first-order valence-electron chi connectivity index (χ1n) is 8.15. The van der Waals surface area contributed by atoms with Crippen LogP contribution in [0.5, 0.6) is 23.0 Å². The van der Waals surface area contributed by atoms with Crippen LogP contribution < -0.4 is 24.7 Å². The molecule has 9 heteroatoms. The number of nitrogens with zero attached hydrogens (tertiary/aromatic N) is 1. The number of benzene rings is 2. The summed E-state index contributed by atoms with van der Waals surface area (Å²) in [6, 6.07) is 9.02. The van der Waals surface area contributed by atoms with Gasteiger partial charge in [0.05, 0.1) is 44.5 Å². The van der Waals surface area contributed by atoms with E-state index in [0.717, 1.165) is 0 Å². The zero-order valence-electron chi connectivity index (χ0n) is 15.8. The maximum absolute atomic E-state index is 13.2. The lowest BCUT2D eigenvalue weighted by molar-refractivity contribution is 0.323. The minimum Gasteiger partial charge on any atom is -0.495 e. The molecule has 0 aliphatic heterocycles. The molecular formula is C19H20N2O6S. The van der Waals surface area contributed by atoms with Gasteiger partial charge in [-0.25, -0.2) is 13.4 Å². The van der Waals surface area contributed by atoms with Crippen molar-refractivity contribution in [2.45, 2.75) is 9.92 Å². The Kier molecular flexibility index (Phi) is 5.19. The fraction of sp³-hybridized carbons (Fsp3) is 0.211. The number of pyridine rings is 1. The lowest BCUT2D eigenvalue weighted by Crippen LogP contribution is -2.07. The number of fused-ring (bicyclic) bond motifs is 1. The number of sulfone groups is 1. The van der Waals surface area contributed by atoms with Gasteiger partial charge < -0.3 is 24.7 Å². The molecule has 0 radical (unpaired) electrons. The molecule has 0 saturated carbocycles. The molecule has 2 N–H and O–H groups in total. The van der Waals surface area contributed by atoms with Crippen LogP contribution in [0.2, 0.25) is 0 Å². The van der Waals surface area contributed by atoms with E-state index in [1.807, 2.05) is 0 Å². The molecule has 0 amide bonds. The predicted molar refractivity (Wildman–Crippen MR) is 104 cm³/mol. The molecule has 148 valence electrons. The van der Waals surface area contributed by atoms with E-state index in [1.54, 1.807) is 18.2 Å². The van der Waals surface area contributed by atoms with Gasteiger partial charge in [-0.2, -0.15) is 0 Å². The molecule has 28 heavy (non-hydrogen) atoms. The summed E-state index contributed by atoms with van der Waals surface area (Å²) in [6.45, 7) is 0. The smallest absolute Gasteiger partial charge is 0.224 e. The Morgan fingerprint density at radius 2 is 1.43 bits per heavy atom. The molecule has 0 saturated heterocycles. The second kappa shape index (κ2) is 7.43. The van der Waals surface area contributed by atoms with Crippen LogP contribution in [0.4, 0.5) is 5.69 Å². The van der Waals surface area contributed by atoms with Crippen LogP contribution in [-0.4, -0.2) is 41.8 Å². The van der Waals surface area contributed by atoms with Gasteiger partial charge in [0.25, 0.3) is 0 Å². The Hall–Kier alpha value is -3.20. The van der Waals surface area contributed by atoms with Crippen LogP contribution in [0, 0.1) is 0 Å². The highest BCUT2D eigenvalue weighted by Gasteiger charge is 2.25. The molecule has 1 aromatic heterocycles. The number of methoxy groups -OCH3 is 4. The molecule has 0 bridgehead atoms. The molecule has 2 aromatic carbocycles. The molecular weight excluding hydrogens is 384 g/mol. The van der Waals surface area contributed by atoms with Gasteiger partial charge >= 0.3 is 0 Å². The van der Waals surface area contributed by atoms with Gasteiger partial charge in [-0.05, 0) is 24.3 Å². The average molecular weight is 404 g/mol. The highest BCUT2D eigenvalue weighted by molar-refractivity contribution is 7.91. The molecule has 0 aliphatic carbocycles. The van der Waals surface area contributed by atoms with E-state index in [2.05, 4.69) is 4.98 Å². The molecule has 0 spiro atoms. The van der Waals surface area contributed by atoms with Crippen LogP contribution in [0.1, 0.15) is 0 Å². The van der Waals surface area contributed by atoms with Crippen molar-refractivity contribution in [1.29, 1.82) is 0 Å². The number of hydrogen-bond acceptors (Lipinski definition) is 8. The molecule has 0 unspecified atom stereocenters. The lowest BCUT2D eigenvalue weighted by Gasteiger charge is -2.14. The number of hydrogen-bond donors (Lipinski definition) is 1. The predicted octanol–water partition coefficient (Wildman–Crippen LogP) is 2.68. The zero-order chi connectivity index (χ0) is 20.5. The molecule has 8 nitrogen and oxygen atoms in total. The molecule has 0 fully saturated rings. The summed E-state index contributed by atoms with van der Waals surface area (Å²) in [5.74, 6) is 1.26. The summed E-state index contributed by atoms with van der Waals surface area (Å²) < 4.78 is 47.2. The van der Waals surface area contributed by atoms with Crippen molar-refractivity contribution in [3.05, 3.63) is 36.4 Å². The third kappa shape index (κ3) is 3.13. The SMILES string of the molecule is COc1cc(S(=O)(=O)c2ccc3c(N)c(OC)ccc3n2)cc(OC)c1OC. The van der Waals surface area contributed by atoms with Gasteiger partial charge in [-0.3, -0.25) is 0 Å². The first-order valence-corrected chi connectivity index (χ1v) is 9.64. The quantitative estimate of drug-likeness (QED) is 0.625. The van der Waals surface area contributed by atoms with E-state index < -0.39 is 9.84 Å². The van der Waals surface area contributed by atoms with Crippen molar-refractivity contribution in [2.24, 2.45) is 0 Å². The summed E-state index contributed by atoms with van der Waals surface area (Å²) in [5, 5.41) is 0.474. The molecule has 3 rings (SSSR count). The number of anilines is 1. The van der Waals surface area contributed by atoms with Gasteiger partial charge in [0.15, 0.2) is 16.5 Å². The van der Waals surface area contributed by atoms with E-state index in [4.69, 9.17) is 24.7 Å². The van der Waals surface area contributed by atoms with Crippen LogP contribution in [0.3, 0.4) is 0 Å². The van der Waals surface area contributed by atoms with Crippen molar-refractivity contribution in [1.82, 2.24) is 4.98 Å². The summed E-state index contributed by atoms with van der Waals surface area (Å²) >= 11 is 0. The first kappa shape index (κ1) is 19.6. The summed E-state index contributed by atoms with van der Waals surface area (Å²) in [5.41, 5.74) is 6.88. The van der Waals surface area contributed by atoms with Gasteiger partial charge in [0.2, 0.25) is 15.6 Å². The number of nitrogens with two attached hydrogens (primary N) is 1. The van der Waals surface area contributed by atoms with Crippen molar-refractivity contribution in [3.8, 4) is 23.0 Å². The third-order valence-electron chi connectivity index (χ3n) is 4.29. The van der Waals surface area contributed by atoms with Crippen LogP contribution >= 0.6 is 0 Å². The van der Waals surface area contributed by atoms with Crippen LogP contribution in [-0.2, 0) is 9.84 Å². The van der Waals surface area contributed by atoms with Crippen molar-refractivity contribution in [2.75, 3.05) is 34.2 Å². The van der Waals surface area contributed by atoms with Gasteiger partial charge in [-0.15, -0.1) is 0 Å². The minimum absolute atomic E-state index is 0.0321. The van der Waals surface area contributed by atoms with E-state index in [1.165, 1.54) is 46.6 Å². The highest BCUT2D eigenvalue weighted by Crippen LogP contribution is 2.40. The van der Waals surface area contributed by atoms with E-state index in [0.29, 0.717) is 28.1 Å².